The monoisotopic (exact) mass is 824 g/mol. The van der Waals surface area contributed by atoms with Gasteiger partial charge in [-0.05, 0) is 32.1 Å². The van der Waals surface area contributed by atoms with Crippen LogP contribution in [-0.4, -0.2) is 107 Å². The second kappa shape index (κ2) is 33.6. The number of rotatable bonds is 37. The van der Waals surface area contributed by atoms with E-state index in [1.54, 1.807) is 0 Å². The molecule has 1 heterocycles. The van der Waals surface area contributed by atoms with Crippen molar-refractivity contribution in [2.45, 2.75) is 236 Å². The van der Waals surface area contributed by atoms with E-state index in [2.05, 4.69) is 35.5 Å². The van der Waals surface area contributed by atoms with E-state index in [-0.39, 0.29) is 6.42 Å². The van der Waals surface area contributed by atoms with Crippen LogP contribution in [0.25, 0.3) is 0 Å². The van der Waals surface area contributed by atoms with Gasteiger partial charge in [0.1, 0.15) is 30.5 Å². The van der Waals surface area contributed by atoms with Crippen LogP contribution in [-0.2, 0) is 28.9 Å². The summed E-state index contributed by atoms with van der Waals surface area (Å²) >= 11 is 0. The highest BCUT2D eigenvalue weighted by Crippen LogP contribution is 2.26. The second-order valence-electron chi connectivity index (χ2n) is 15.8. The molecule has 332 valence electrons. The van der Waals surface area contributed by atoms with Crippen LogP contribution in [0.1, 0.15) is 187 Å². The minimum absolute atomic E-state index is 0.240. The number of ether oxygens (including phenoxy) is 2. The molecule has 13 nitrogen and oxygen atoms in total. The summed E-state index contributed by atoms with van der Waals surface area (Å²) in [5.74, 6) is -0.684. The average Bonchev–Trinajstić information content (AvgIpc) is 3.16. The van der Waals surface area contributed by atoms with Gasteiger partial charge in [-0.1, -0.05) is 167 Å². The molecule has 0 bridgehead atoms. The van der Waals surface area contributed by atoms with Crippen molar-refractivity contribution in [3.8, 4) is 0 Å². The highest BCUT2D eigenvalue weighted by atomic mass is 32.3. The molecule has 14 heteroatoms. The molecular formula is C42H81NO12S. The van der Waals surface area contributed by atoms with Gasteiger partial charge in [-0.3, -0.25) is 9.35 Å². The van der Waals surface area contributed by atoms with Crippen LogP contribution in [0, 0.1) is 0 Å². The van der Waals surface area contributed by atoms with Crippen LogP contribution < -0.4 is 5.32 Å². The molecule has 1 aliphatic rings. The molecular weight excluding hydrogens is 743 g/mol. The first kappa shape index (κ1) is 52.8. The minimum atomic E-state index is -5.11. The molecule has 0 aromatic carbocycles. The lowest BCUT2D eigenvalue weighted by Gasteiger charge is -2.41. The van der Waals surface area contributed by atoms with Crippen LogP contribution in [0.5, 0.6) is 0 Å². The lowest BCUT2D eigenvalue weighted by Crippen LogP contribution is -2.61. The number of carbonyl (C=O) groups excluding carboxylic acids is 1. The van der Waals surface area contributed by atoms with Crippen LogP contribution in [0.15, 0.2) is 12.2 Å². The minimum Gasteiger partial charge on any atom is -0.394 e. The van der Waals surface area contributed by atoms with Crippen LogP contribution >= 0.6 is 0 Å². The van der Waals surface area contributed by atoms with Gasteiger partial charge in [-0.15, -0.1) is 0 Å². The number of hydrogen-bond acceptors (Lipinski definition) is 11. The van der Waals surface area contributed by atoms with Gasteiger partial charge in [0.2, 0.25) is 5.91 Å². The van der Waals surface area contributed by atoms with Crippen molar-refractivity contribution in [1.29, 1.82) is 0 Å². The number of aliphatic hydroxyl groups is 5. The maximum Gasteiger partial charge on any atom is 0.397 e. The summed E-state index contributed by atoms with van der Waals surface area (Å²) in [7, 11) is -5.11. The van der Waals surface area contributed by atoms with E-state index in [1.165, 1.54) is 96.3 Å². The molecule has 0 aromatic rings. The lowest BCUT2D eigenvalue weighted by molar-refractivity contribution is -0.298. The van der Waals surface area contributed by atoms with Crippen molar-refractivity contribution in [2.75, 3.05) is 13.2 Å². The van der Waals surface area contributed by atoms with Gasteiger partial charge in [-0.2, -0.15) is 8.42 Å². The average molecular weight is 824 g/mol. The van der Waals surface area contributed by atoms with Crippen LogP contribution in [0.4, 0.5) is 0 Å². The molecule has 0 radical (unpaired) electrons. The Kier molecular flexibility index (Phi) is 31.7. The third-order valence-corrected chi connectivity index (χ3v) is 11.1. The molecule has 0 saturated carbocycles. The third-order valence-electron chi connectivity index (χ3n) is 10.7. The Morgan fingerprint density at radius 2 is 1.16 bits per heavy atom. The maximum absolute atomic E-state index is 13.0. The van der Waals surface area contributed by atoms with Crippen molar-refractivity contribution in [3.63, 3.8) is 0 Å². The molecule has 1 aliphatic heterocycles. The molecule has 8 atom stereocenters. The summed E-state index contributed by atoms with van der Waals surface area (Å²) in [4.78, 5) is 13.0. The predicted octanol–water partition coefficient (Wildman–Crippen LogP) is 6.97. The molecule has 0 spiro atoms. The van der Waals surface area contributed by atoms with Gasteiger partial charge in [0, 0.05) is 0 Å². The van der Waals surface area contributed by atoms with E-state index >= 15 is 0 Å². The number of carbonyl (C=O) groups is 1. The number of amides is 1. The zero-order valence-corrected chi connectivity index (χ0v) is 35.6. The van der Waals surface area contributed by atoms with E-state index < -0.39 is 78.5 Å². The second-order valence-corrected chi connectivity index (χ2v) is 16.8. The van der Waals surface area contributed by atoms with Crippen LogP contribution in [0.2, 0.25) is 0 Å². The molecule has 1 amide bonds. The van der Waals surface area contributed by atoms with Gasteiger partial charge < -0.3 is 40.3 Å². The summed E-state index contributed by atoms with van der Waals surface area (Å²) in [5, 5.41) is 55.1. The normalized spacial score (nSPS) is 22.0. The molecule has 56 heavy (non-hydrogen) atoms. The number of unbranched alkanes of at least 4 members (excludes halogenated alkanes) is 22. The Labute approximate surface area is 339 Å². The van der Waals surface area contributed by atoms with E-state index in [4.69, 9.17) is 14.0 Å². The standard InChI is InChI=1S/C42H81NO12S/c1-3-5-7-9-11-13-14-15-16-17-18-19-20-21-23-24-26-28-30-35(45)34(43-41(49)36(46)31-29-27-25-22-12-10-8-6-4-2)33-53-42-39(48)40(55-56(50,51)52)38(47)37(32-44)54-42/h10,12,34-40,42,44-48H,3-9,11,13-33H2,1-2H3,(H,43,49)(H,50,51,52)/b12-10-. The summed E-state index contributed by atoms with van der Waals surface area (Å²) in [6.45, 7) is 3.20. The van der Waals surface area contributed by atoms with Gasteiger partial charge in [-0.25, -0.2) is 4.18 Å². The molecule has 1 fully saturated rings. The zero-order chi connectivity index (χ0) is 41.4. The fraction of sp³-hybridized carbons (Fsp3) is 0.929. The fourth-order valence-electron chi connectivity index (χ4n) is 7.09. The topological polar surface area (TPSA) is 212 Å². The number of hydrogen-bond donors (Lipinski definition) is 7. The van der Waals surface area contributed by atoms with E-state index in [0.717, 1.165) is 51.4 Å². The number of allylic oxidation sites excluding steroid dienone is 2. The van der Waals surface area contributed by atoms with Gasteiger partial charge in [0.05, 0.1) is 25.4 Å². The van der Waals surface area contributed by atoms with E-state index in [9.17, 15) is 38.7 Å². The highest BCUT2D eigenvalue weighted by molar-refractivity contribution is 7.80. The predicted molar refractivity (Wildman–Crippen MR) is 219 cm³/mol. The lowest BCUT2D eigenvalue weighted by atomic mass is 9.99. The largest absolute Gasteiger partial charge is 0.397 e. The first-order valence-electron chi connectivity index (χ1n) is 22.2. The zero-order valence-electron chi connectivity index (χ0n) is 34.8. The quantitative estimate of drug-likeness (QED) is 0.0192. The molecule has 7 N–H and O–H groups in total. The van der Waals surface area contributed by atoms with Crippen molar-refractivity contribution in [3.05, 3.63) is 12.2 Å². The van der Waals surface area contributed by atoms with Crippen molar-refractivity contribution in [1.82, 2.24) is 5.32 Å². The highest BCUT2D eigenvalue weighted by Gasteiger charge is 2.48. The fourth-order valence-corrected chi connectivity index (χ4v) is 7.60. The Morgan fingerprint density at radius 3 is 1.66 bits per heavy atom. The Balaban J connectivity index is 2.55. The van der Waals surface area contributed by atoms with Crippen molar-refractivity contribution in [2.24, 2.45) is 0 Å². The van der Waals surface area contributed by atoms with Gasteiger partial charge >= 0.3 is 10.4 Å². The van der Waals surface area contributed by atoms with Gasteiger partial charge in [0.25, 0.3) is 0 Å². The van der Waals surface area contributed by atoms with E-state index in [1.807, 2.05) is 0 Å². The van der Waals surface area contributed by atoms with E-state index in [0.29, 0.717) is 19.3 Å². The molecule has 1 saturated heterocycles. The Morgan fingerprint density at radius 1 is 0.696 bits per heavy atom. The molecule has 1 rings (SSSR count). The SMILES string of the molecule is CCCC/C=C\CCCCCC(O)C(=O)NC(COC1OC(CO)C(O)C(OS(=O)(=O)O)C1O)C(O)CCCCCCCCCCCCCCCCCCCC. The maximum atomic E-state index is 13.0. The van der Waals surface area contributed by atoms with Crippen molar-refractivity contribution < 1.29 is 57.0 Å². The number of nitrogens with one attached hydrogen (secondary N) is 1. The third kappa shape index (κ3) is 26.0. The Bertz CT molecular complexity index is 1080. The first-order chi connectivity index (χ1) is 26.9. The van der Waals surface area contributed by atoms with Crippen LogP contribution in [0.3, 0.4) is 0 Å². The molecule has 8 unspecified atom stereocenters. The summed E-state index contributed by atoms with van der Waals surface area (Å²) < 4.78 is 47.4. The molecule has 0 aliphatic carbocycles. The number of aliphatic hydroxyl groups excluding tert-OH is 5. The molecule has 0 aromatic heterocycles. The first-order valence-corrected chi connectivity index (χ1v) is 23.5. The Hall–Kier alpha value is -1.20. The van der Waals surface area contributed by atoms with Crippen molar-refractivity contribution >= 4 is 16.3 Å². The smallest absolute Gasteiger partial charge is 0.394 e. The summed E-state index contributed by atoms with van der Waals surface area (Å²) in [5.41, 5.74) is 0. The summed E-state index contributed by atoms with van der Waals surface area (Å²) in [6.07, 6.45) is 22.8. The van der Waals surface area contributed by atoms with Gasteiger partial charge in [0.15, 0.2) is 6.29 Å². The summed E-state index contributed by atoms with van der Waals surface area (Å²) in [6, 6.07) is -1.03.